The minimum absolute atomic E-state index is 0.598. The zero-order valence-electron chi connectivity index (χ0n) is 10.9. The molecule has 2 aromatic heterocycles. The summed E-state index contributed by atoms with van der Waals surface area (Å²) in [4.78, 5) is 4.07. The summed E-state index contributed by atoms with van der Waals surface area (Å²) in [6.45, 7) is 1.10. The van der Waals surface area contributed by atoms with Gasteiger partial charge < -0.3 is 5.32 Å². The third-order valence-electron chi connectivity index (χ3n) is 4.44. The van der Waals surface area contributed by atoms with E-state index < -0.39 is 0 Å². The maximum atomic E-state index is 4.83. The van der Waals surface area contributed by atoms with Crippen LogP contribution in [0.2, 0.25) is 0 Å². The minimum atomic E-state index is 0.598. The molecule has 98 valence electrons. The van der Waals surface area contributed by atoms with Crippen LogP contribution in [-0.2, 0) is 0 Å². The van der Waals surface area contributed by atoms with Gasteiger partial charge in [-0.25, -0.2) is 4.68 Å². The predicted octanol–water partition coefficient (Wildman–Crippen LogP) is 3.10. The molecule has 2 unspecified atom stereocenters. The number of hydrogen-bond donors (Lipinski definition) is 1. The normalized spacial score (nSPS) is 25.3. The van der Waals surface area contributed by atoms with Gasteiger partial charge in [-0.3, -0.25) is 4.98 Å². The van der Waals surface area contributed by atoms with Gasteiger partial charge >= 0.3 is 0 Å². The molecule has 4 rings (SSSR count). The zero-order chi connectivity index (χ0) is 12.7. The summed E-state index contributed by atoms with van der Waals surface area (Å²) in [5, 5.41) is 8.37. The first kappa shape index (κ1) is 11.0. The molecular weight excluding hydrogens is 236 g/mol. The van der Waals surface area contributed by atoms with Crippen LogP contribution in [-0.4, -0.2) is 21.3 Å². The van der Waals surface area contributed by atoms with Crippen LogP contribution >= 0.6 is 0 Å². The monoisotopic (exact) mass is 254 g/mol. The van der Waals surface area contributed by atoms with Crippen molar-refractivity contribution in [2.24, 2.45) is 5.92 Å². The standard InChI is InChI=1S/C15H18N4/c1-2-4-14-12(3-1)10-17-15-9-13(18-19(14)15)11-5-7-16-8-6-11/h5-9,12,14,17H,1-4,10H2. The Morgan fingerprint density at radius 1 is 1.16 bits per heavy atom. The fraction of sp³-hybridized carbons (Fsp3) is 0.467. The molecule has 1 N–H and O–H groups in total. The van der Waals surface area contributed by atoms with E-state index in [-0.39, 0.29) is 0 Å². The molecule has 2 atom stereocenters. The van der Waals surface area contributed by atoms with Crippen molar-refractivity contribution in [1.29, 1.82) is 0 Å². The summed E-state index contributed by atoms with van der Waals surface area (Å²) in [7, 11) is 0. The average Bonchev–Trinajstić information content (AvgIpc) is 2.93. The molecule has 0 saturated heterocycles. The highest BCUT2D eigenvalue weighted by atomic mass is 15.4. The molecule has 1 aliphatic carbocycles. The SMILES string of the molecule is c1cc(-c2cc3n(n2)C2CCCCC2CN3)ccn1. The molecule has 0 bridgehead atoms. The molecule has 2 aromatic rings. The first-order chi connectivity index (χ1) is 9.42. The van der Waals surface area contributed by atoms with Gasteiger partial charge in [-0.2, -0.15) is 5.10 Å². The van der Waals surface area contributed by atoms with Gasteiger partial charge in [0.25, 0.3) is 0 Å². The Morgan fingerprint density at radius 3 is 2.89 bits per heavy atom. The smallest absolute Gasteiger partial charge is 0.125 e. The maximum absolute atomic E-state index is 4.83. The summed E-state index contributed by atoms with van der Waals surface area (Å²) in [6, 6.07) is 6.81. The van der Waals surface area contributed by atoms with Gasteiger partial charge in [-0.15, -0.1) is 0 Å². The van der Waals surface area contributed by atoms with Crippen LogP contribution in [0.3, 0.4) is 0 Å². The Labute approximate surface area is 112 Å². The van der Waals surface area contributed by atoms with Crippen molar-refractivity contribution >= 4 is 5.82 Å². The molecule has 0 amide bonds. The topological polar surface area (TPSA) is 42.7 Å². The maximum Gasteiger partial charge on any atom is 0.125 e. The summed E-state index contributed by atoms with van der Waals surface area (Å²) in [5.41, 5.74) is 2.20. The lowest BCUT2D eigenvalue weighted by Gasteiger charge is -2.36. The fourth-order valence-corrected chi connectivity index (χ4v) is 3.43. The second kappa shape index (κ2) is 4.37. The first-order valence-electron chi connectivity index (χ1n) is 7.15. The van der Waals surface area contributed by atoms with Gasteiger partial charge in [0, 0.05) is 30.6 Å². The van der Waals surface area contributed by atoms with Crippen molar-refractivity contribution in [2.75, 3.05) is 11.9 Å². The Kier molecular flexibility index (Phi) is 2.53. The van der Waals surface area contributed by atoms with Crippen LogP contribution in [0.1, 0.15) is 31.7 Å². The summed E-state index contributed by atoms with van der Waals surface area (Å²) in [5.74, 6) is 1.93. The van der Waals surface area contributed by atoms with Crippen LogP contribution in [0, 0.1) is 5.92 Å². The van der Waals surface area contributed by atoms with Crippen molar-refractivity contribution in [3.63, 3.8) is 0 Å². The molecule has 1 fully saturated rings. The molecular formula is C15H18N4. The van der Waals surface area contributed by atoms with Crippen LogP contribution in [0.25, 0.3) is 11.3 Å². The Balaban J connectivity index is 1.73. The van der Waals surface area contributed by atoms with E-state index in [0.717, 1.165) is 23.7 Å². The van der Waals surface area contributed by atoms with Gasteiger partial charge in [0.2, 0.25) is 0 Å². The second-order valence-electron chi connectivity index (χ2n) is 5.59. The van der Waals surface area contributed by atoms with Crippen molar-refractivity contribution in [3.8, 4) is 11.3 Å². The Hall–Kier alpha value is -1.84. The quantitative estimate of drug-likeness (QED) is 0.850. The number of fused-ring (bicyclic) bond motifs is 3. The molecule has 0 radical (unpaired) electrons. The number of nitrogens with one attached hydrogen (secondary N) is 1. The second-order valence-corrected chi connectivity index (χ2v) is 5.59. The van der Waals surface area contributed by atoms with E-state index in [4.69, 9.17) is 5.10 Å². The van der Waals surface area contributed by atoms with Crippen molar-refractivity contribution < 1.29 is 0 Å². The van der Waals surface area contributed by atoms with Crippen LogP contribution in [0.4, 0.5) is 5.82 Å². The highest BCUT2D eigenvalue weighted by molar-refractivity contribution is 5.62. The van der Waals surface area contributed by atoms with E-state index in [0.29, 0.717) is 6.04 Å². The summed E-state index contributed by atoms with van der Waals surface area (Å²) < 4.78 is 2.23. The van der Waals surface area contributed by atoms with Gasteiger partial charge in [-0.1, -0.05) is 12.8 Å². The lowest BCUT2D eigenvalue weighted by atomic mass is 9.83. The number of aromatic nitrogens is 3. The van der Waals surface area contributed by atoms with E-state index in [2.05, 4.69) is 21.0 Å². The van der Waals surface area contributed by atoms with E-state index in [1.807, 2.05) is 24.5 Å². The highest BCUT2D eigenvalue weighted by Gasteiger charge is 2.32. The number of pyridine rings is 1. The van der Waals surface area contributed by atoms with E-state index in [1.54, 1.807) is 0 Å². The lowest BCUT2D eigenvalue weighted by molar-refractivity contribution is 0.223. The summed E-state index contributed by atoms with van der Waals surface area (Å²) >= 11 is 0. The molecule has 4 nitrogen and oxygen atoms in total. The third-order valence-corrected chi connectivity index (χ3v) is 4.44. The first-order valence-corrected chi connectivity index (χ1v) is 7.15. The van der Waals surface area contributed by atoms with Crippen LogP contribution in [0.15, 0.2) is 30.6 Å². The molecule has 0 aromatic carbocycles. The highest BCUT2D eigenvalue weighted by Crippen LogP contribution is 2.39. The van der Waals surface area contributed by atoms with E-state index in [1.165, 1.54) is 31.5 Å². The molecule has 2 aliphatic rings. The van der Waals surface area contributed by atoms with E-state index in [9.17, 15) is 0 Å². The lowest BCUT2D eigenvalue weighted by Crippen LogP contribution is -2.34. The van der Waals surface area contributed by atoms with Gasteiger partial charge in [-0.05, 0) is 30.9 Å². The third kappa shape index (κ3) is 1.82. The van der Waals surface area contributed by atoms with Crippen molar-refractivity contribution in [3.05, 3.63) is 30.6 Å². The number of nitrogens with zero attached hydrogens (tertiary/aromatic N) is 3. The van der Waals surface area contributed by atoms with Crippen LogP contribution in [0.5, 0.6) is 0 Å². The Bertz CT molecular complexity index is 575. The molecule has 4 heteroatoms. The van der Waals surface area contributed by atoms with Crippen molar-refractivity contribution in [2.45, 2.75) is 31.7 Å². The van der Waals surface area contributed by atoms with E-state index >= 15 is 0 Å². The molecule has 0 spiro atoms. The van der Waals surface area contributed by atoms with Crippen LogP contribution < -0.4 is 5.32 Å². The number of rotatable bonds is 1. The Morgan fingerprint density at radius 2 is 2.00 bits per heavy atom. The molecule has 3 heterocycles. The summed E-state index contributed by atoms with van der Waals surface area (Å²) in [6.07, 6.45) is 8.97. The van der Waals surface area contributed by atoms with Gasteiger partial charge in [0.15, 0.2) is 0 Å². The molecule has 1 saturated carbocycles. The number of hydrogen-bond acceptors (Lipinski definition) is 3. The average molecular weight is 254 g/mol. The van der Waals surface area contributed by atoms with Gasteiger partial charge in [0.1, 0.15) is 5.82 Å². The molecule has 1 aliphatic heterocycles. The largest absolute Gasteiger partial charge is 0.370 e. The number of anilines is 1. The fourth-order valence-electron chi connectivity index (χ4n) is 3.43. The predicted molar refractivity (Wildman–Crippen MR) is 74.9 cm³/mol. The molecule has 19 heavy (non-hydrogen) atoms. The zero-order valence-corrected chi connectivity index (χ0v) is 10.9. The minimum Gasteiger partial charge on any atom is -0.370 e. The van der Waals surface area contributed by atoms with Gasteiger partial charge in [0.05, 0.1) is 11.7 Å². The van der Waals surface area contributed by atoms with Crippen molar-refractivity contribution in [1.82, 2.24) is 14.8 Å².